The summed E-state index contributed by atoms with van der Waals surface area (Å²) in [5, 5.41) is 3.00. The summed E-state index contributed by atoms with van der Waals surface area (Å²) in [6, 6.07) is 8.37. The second-order valence-electron chi connectivity index (χ2n) is 5.77. The van der Waals surface area contributed by atoms with Crippen LogP contribution in [0.5, 0.6) is 0 Å². The molecule has 0 aliphatic carbocycles. The Morgan fingerprint density at radius 1 is 1.43 bits per heavy atom. The van der Waals surface area contributed by atoms with Crippen LogP contribution in [-0.4, -0.2) is 36.7 Å². The van der Waals surface area contributed by atoms with E-state index in [1.807, 2.05) is 24.0 Å². The molecular formula is C17H26N2O2. The summed E-state index contributed by atoms with van der Waals surface area (Å²) in [6.07, 6.45) is 2.08. The first kappa shape index (κ1) is 15.8. The van der Waals surface area contributed by atoms with E-state index in [-0.39, 0.29) is 18.2 Å². The first-order valence-electron chi connectivity index (χ1n) is 7.85. The maximum atomic E-state index is 12.3. The molecule has 0 bridgehead atoms. The van der Waals surface area contributed by atoms with Gasteiger partial charge in [-0.3, -0.25) is 0 Å². The molecule has 1 aromatic rings. The molecule has 0 spiro atoms. The van der Waals surface area contributed by atoms with Crippen molar-refractivity contribution in [2.24, 2.45) is 0 Å². The number of aryl methyl sites for hydroxylation is 1. The van der Waals surface area contributed by atoms with Crippen molar-refractivity contribution < 1.29 is 9.53 Å². The largest absolute Gasteiger partial charge is 0.370 e. The van der Waals surface area contributed by atoms with Crippen LogP contribution in [0.15, 0.2) is 24.3 Å². The van der Waals surface area contributed by atoms with Gasteiger partial charge in [-0.2, -0.15) is 0 Å². The van der Waals surface area contributed by atoms with E-state index >= 15 is 0 Å². The fourth-order valence-corrected chi connectivity index (χ4v) is 2.65. The summed E-state index contributed by atoms with van der Waals surface area (Å²) in [7, 11) is 0. The quantitative estimate of drug-likeness (QED) is 0.865. The predicted molar refractivity (Wildman–Crippen MR) is 84.3 cm³/mol. The van der Waals surface area contributed by atoms with Crippen molar-refractivity contribution in [3.05, 3.63) is 35.4 Å². The molecule has 0 saturated carbocycles. The predicted octanol–water partition coefficient (Wildman–Crippen LogP) is 3.27. The first-order valence-corrected chi connectivity index (χ1v) is 7.85. The number of unbranched alkanes of at least 4 members (excludes halogenated alkanes) is 1. The van der Waals surface area contributed by atoms with Crippen LogP contribution in [0.4, 0.5) is 4.79 Å². The SMILES string of the molecule is CCCCNC(=O)N1CC(c2ccccc2C)OCC1C. The summed E-state index contributed by atoms with van der Waals surface area (Å²) < 4.78 is 5.94. The molecule has 21 heavy (non-hydrogen) atoms. The molecule has 1 heterocycles. The number of amides is 2. The zero-order chi connectivity index (χ0) is 15.2. The van der Waals surface area contributed by atoms with Gasteiger partial charge in [-0.25, -0.2) is 4.79 Å². The van der Waals surface area contributed by atoms with Crippen LogP contribution >= 0.6 is 0 Å². The lowest BCUT2D eigenvalue weighted by Crippen LogP contribution is -2.52. The van der Waals surface area contributed by atoms with E-state index in [4.69, 9.17) is 4.74 Å². The molecular weight excluding hydrogens is 264 g/mol. The lowest BCUT2D eigenvalue weighted by Gasteiger charge is -2.38. The molecule has 0 radical (unpaired) electrons. The molecule has 1 aromatic carbocycles. The van der Waals surface area contributed by atoms with Gasteiger partial charge in [0.15, 0.2) is 0 Å². The zero-order valence-electron chi connectivity index (χ0n) is 13.3. The maximum Gasteiger partial charge on any atom is 0.317 e. The molecule has 2 atom stereocenters. The van der Waals surface area contributed by atoms with Crippen molar-refractivity contribution in [3.8, 4) is 0 Å². The summed E-state index contributed by atoms with van der Waals surface area (Å²) in [6.45, 7) is 8.19. The average Bonchev–Trinajstić information content (AvgIpc) is 2.48. The minimum atomic E-state index is -0.0284. The number of ether oxygens (including phenoxy) is 1. The number of hydrogen-bond acceptors (Lipinski definition) is 2. The monoisotopic (exact) mass is 290 g/mol. The Kier molecular flexibility index (Phi) is 5.62. The van der Waals surface area contributed by atoms with Crippen LogP contribution in [0, 0.1) is 6.92 Å². The molecule has 1 saturated heterocycles. The van der Waals surface area contributed by atoms with Crippen molar-refractivity contribution in [1.29, 1.82) is 0 Å². The number of hydrogen-bond donors (Lipinski definition) is 1. The van der Waals surface area contributed by atoms with Gasteiger partial charge in [0.05, 0.1) is 19.2 Å². The number of benzene rings is 1. The zero-order valence-corrected chi connectivity index (χ0v) is 13.3. The van der Waals surface area contributed by atoms with E-state index < -0.39 is 0 Å². The average molecular weight is 290 g/mol. The summed E-state index contributed by atoms with van der Waals surface area (Å²) in [5.41, 5.74) is 2.39. The highest BCUT2D eigenvalue weighted by Gasteiger charge is 2.30. The van der Waals surface area contributed by atoms with E-state index in [0.717, 1.165) is 19.4 Å². The molecule has 2 amide bonds. The second kappa shape index (κ2) is 7.46. The molecule has 1 fully saturated rings. The fourth-order valence-electron chi connectivity index (χ4n) is 2.65. The molecule has 116 valence electrons. The Morgan fingerprint density at radius 3 is 2.90 bits per heavy atom. The van der Waals surface area contributed by atoms with Gasteiger partial charge in [0.1, 0.15) is 6.10 Å². The van der Waals surface area contributed by atoms with Crippen molar-refractivity contribution in [1.82, 2.24) is 10.2 Å². The van der Waals surface area contributed by atoms with Gasteiger partial charge in [0.2, 0.25) is 0 Å². The summed E-state index contributed by atoms with van der Waals surface area (Å²) in [4.78, 5) is 14.2. The van der Waals surface area contributed by atoms with E-state index in [0.29, 0.717) is 13.2 Å². The number of morpholine rings is 1. The topological polar surface area (TPSA) is 41.6 Å². The van der Waals surface area contributed by atoms with Crippen LogP contribution < -0.4 is 5.32 Å². The Labute approximate surface area is 127 Å². The van der Waals surface area contributed by atoms with Crippen molar-refractivity contribution in [2.75, 3.05) is 19.7 Å². The lowest BCUT2D eigenvalue weighted by molar-refractivity contribution is -0.0430. The number of nitrogens with one attached hydrogen (secondary N) is 1. The Hall–Kier alpha value is -1.55. The minimum Gasteiger partial charge on any atom is -0.370 e. The highest BCUT2D eigenvalue weighted by Crippen LogP contribution is 2.27. The van der Waals surface area contributed by atoms with Gasteiger partial charge < -0.3 is 15.0 Å². The molecule has 4 nitrogen and oxygen atoms in total. The molecule has 1 N–H and O–H groups in total. The number of urea groups is 1. The minimum absolute atomic E-state index is 0.0258. The number of carbonyl (C=O) groups excluding carboxylic acids is 1. The molecule has 1 aliphatic rings. The molecule has 1 aliphatic heterocycles. The van der Waals surface area contributed by atoms with E-state index in [1.165, 1.54) is 11.1 Å². The summed E-state index contributed by atoms with van der Waals surface area (Å²) >= 11 is 0. The van der Waals surface area contributed by atoms with Gasteiger partial charge in [-0.1, -0.05) is 37.6 Å². The van der Waals surface area contributed by atoms with Crippen LogP contribution in [0.25, 0.3) is 0 Å². The van der Waals surface area contributed by atoms with E-state index in [9.17, 15) is 4.79 Å². The Balaban J connectivity index is 2.02. The van der Waals surface area contributed by atoms with Gasteiger partial charge in [0.25, 0.3) is 0 Å². The van der Waals surface area contributed by atoms with Gasteiger partial charge in [-0.15, -0.1) is 0 Å². The van der Waals surface area contributed by atoms with E-state index in [1.54, 1.807) is 0 Å². The Bertz CT molecular complexity index is 476. The van der Waals surface area contributed by atoms with Gasteiger partial charge in [-0.05, 0) is 31.4 Å². The molecule has 2 unspecified atom stereocenters. The van der Waals surface area contributed by atoms with Crippen LogP contribution in [0.1, 0.15) is 43.9 Å². The molecule has 2 rings (SSSR count). The first-order chi connectivity index (χ1) is 10.1. The third kappa shape index (κ3) is 3.97. The van der Waals surface area contributed by atoms with Crippen molar-refractivity contribution in [3.63, 3.8) is 0 Å². The second-order valence-corrected chi connectivity index (χ2v) is 5.77. The normalized spacial score (nSPS) is 22.1. The van der Waals surface area contributed by atoms with Crippen LogP contribution in [-0.2, 0) is 4.74 Å². The van der Waals surface area contributed by atoms with Gasteiger partial charge in [0, 0.05) is 6.54 Å². The standard InChI is InChI=1S/C17H26N2O2/c1-4-5-10-18-17(20)19-11-16(21-12-14(19)3)15-9-7-6-8-13(15)2/h6-9,14,16H,4-5,10-12H2,1-3H3,(H,18,20). The maximum absolute atomic E-state index is 12.3. The van der Waals surface area contributed by atoms with Crippen LogP contribution in [0.3, 0.4) is 0 Å². The smallest absolute Gasteiger partial charge is 0.317 e. The lowest BCUT2D eigenvalue weighted by atomic mass is 10.0. The van der Waals surface area contributed by atoms with E-state index in [2.05, 4.69) is 31.3 Å². The highest BCUT2D eigenvalue weighted by molar-refractivity contribution is 5.74. The third-order valence-electron chi connectivity index (χ3n) is 4.04. The van der Waals surface area contributed by atoms with Crippen LogP contribution in [0.2, 0.25) is 0 Å². The number of rotatable bonds is 4. The third-order valence-corrected chi connectivity index (χ3v) is 4.04. The fraction of sp³-hybridized carbons (Fsp3) is 0.588. The van der Waals surface area contributed by atoms with Crippen molar-refractivity contribution in [2.45, 2.75) is 45.8 Å². The Morgan fingerprint density at radius 2 is 2.19 bits per heavy atom. The van der Waals surface area contributed by atoms with Gasteiger partial charge >= 0.3 is 6.03 Å². The molecule has 0 aromatic heterocycles. The van der Waals surface area contributed by atoms with Crippen molar-refractivity contribution >= 4 is 6.03 Å². The molecule has 4 heteroatoms. The summed E-state index contributed by atoms with van der Waals surface area (Å²) in [5.74, 6) is 0. The highest BCUT2D eigenvalue weighted by atomic mass is 16.5. The number of carbonyl (C=O) groups is 1. The number of nitrogens with zero attached hydrogens (tertiary/aromatic N) is 1.